The predicted molar refractivity (Wildman–Crippen MR) is 155 cm³/mol. The average molecular weight is 553 g/mol. The van der Waals surface area contributed by atoms with Crippen LogP contribution in [0, 0.1) is 11.8 Å². The maximum Gasteiger partial charge on any atom is 0.256 e. The van der Waals surface area contributed by atoms with Crippen LogP contribution in [-0.4, -0.2) is 74.0 Å². The normalized spacial score (nSPS) is 19.9. The number of hydrogen-bond acceptors (Lipinski definition) is 5. The Morgan fingerprint density at radius 3 is 2.21 bits per heavy atom. The van der Waals surface area contributed by atoms with E-state index in [4.69, 9.17) is 16.3 Å². The quantitative estimate of drug-likeness (QED) is 0.430. The zero-order valence-corrected chi connectivity index (χ0v) is 24.3. The molecule has 2 amide bonds. The van der Waals surface area contributed by atoms with Crippen LogP contribution in [0.2, 0.25) is 5.15 Å². The number of hydrogen-bond donors (Lipinski definition) is 0. The molecule has 1 aliphatic carbocycles. The molecule has 0 spiro atoms. The Morgan fingerprint density at radius 2 is 1.64 bits per heavy atom. The summed E-state index contributed by atoms with van der Waals surface area (Å²) < 4.78 is 5.63. The number of benzene rings is 1. The molecular formula is C31H41ClN4O3. The summed E-state index contributed by atoms with van der Waals surface area (Å²) in [4.78, 5) is 36.5. The van der Waals surface area contributed by atoms with Crippen molar-refractivity contribution in [2.75, 3.05) is 52.3 Å². The molecule has 5 rings (SSSR count). The number of carbonyl (C=O) groups excluding carboxylic acids is 2. The molecule has 0 unspecified atom stereocenters. The highest BCUT2D eigenvalue weighted by atomic mass is 35.5. The van der Waals surface area contributed by atoms with Gasteiger partial charge in [-0.2, -0.15) is 0 Å². The van der Waals surface area contributed by atoms with Crippen molar-refractivity contribution in [3.63, 3.8) is 0 Å². The van der Waals surface area contributed by atoms with Crippen LogP contribution in [0.5, 0.6) is 5.75 Å². The molecule has 7 nitrogen and oxygen atoms in total. The second kappa shape index (κ2) is 11.7. The van der Waals surface area contributed by atoms with E-state index >= 15 is 0 Å². The van der Waals surface area contributed by atoms with E-state index in [0.29, 0.717) is 23.3 Å². The first-order chi connectivity index (χ1) is 18.8. The third kappa shape index (κ3) is 5.60. The van der Waals surface area contributed by atoms with Gasteiger partial charge in [0, 0.05) is 45.8 Å². The number of carbonyl (C=O) groups is 2. The molecular weight excluding hydrogens is 512 g/mol. The lowest BCUT2D eigenvalue weighted by Crippen LogP contribution is -2.53. The number of para-hydroxylation sites is 1. The van der Waals surface area contributed by atoms with Crippen LogP contribution in [-0.2, 0) is 10.2 Å². The summed E-state index contributed by atoms with van der Waals surface area (Å²) in [5.41, 5.74) is 1.10. The van der Waals surface area contributed by atoms with Crippen molar-refractivity contribution >= 4 is 29.2 Å². The Balaban J connectivity index is 1.11. The van der Waals surface area contributed by atoms with Gasteiger partial charge in [0.2, 0.25) is 5.91 Å². The number of rotatable bonds is 7. The van der Waals surface area contributed by atoms with E-state index in [1.165, 1.54) is 11.3 Å². The Bertz CT molecular complexity index is 1180. The highest BCUT2D eigenvalue weighted by Gasteiger charge is 2.49. The van der Waals surface area contributed by atoms with E-state index in [9.17, 15) is 9.59 Å². The highest BCUT2D eigenvalue weighted by Crippen LogP contribution is 2.49. The lowest BCUT2D eigenvalue weighted by Gasteiger charge is -2.46. The minimum atomic E-state index is -0.402. The van der Waals surface area contributed by atoms with Crippen molar-refractivity contribution in [3.05, 3.63) is 52.7 Å². The Hall–Kier alpha value is -2.80. The molecule has 1 aromatic heterocycles. The second-order valence-corrected chi connectivity index (χ2v) is 12.1. The minimum Gasteiger partial charge on any atom is -0.496 e. The predicted octanol–water partition coefficient (Wildman–Crippen LogP) is 5.41. The van der Waals surface area contributed by atoms with Crippen LogP contribution >= 0.6 is 11.6 Å². The minimum absolute atomic E-state index is 0.131. The maximum atomic E-state index is 13.8. The van der Waals surface area contributed by atoms with Gasteiger partial charge in [0.1, 0.15) is 16.7 Å². The number of nitrogens with zero attached hydrogens (tertiary/aromatic N) is 4. The molecule has 8 heteroatoms. The molecule has 2 aromatic rings. The van der Waals surface area contributed by atoms with Crippen LogP contribution in [0.1, 0.15) is 67.3 Å². The third-order valence-electron chi connectivity index (χ3n) is 9.22. The lowest BCUT2D eigenvalue weighted by molar-refractivity contribution is -0.142. The van der Waals surface area contributed by atoms with Gasteiger partial charge in [0.05, 0.1) is 18.1 Å². The number of piperidine rings is 2. The van der Waals surface area contributed by atoms with Gasteiger partial charge < -0.3 is 19.4 Å². The molecule has 2 saturated heterocycles. The Kier molecular flexibility index (Phi) is 8.36. The zero-order chi connectivity index (χ0) is 27.6. The van der Waals surface area contributed by atoms with Crippen molar-refractivity contribution in [2.24, 2.45) is 11.8 Å². The molecule has 0 bridgehead atoms. The average Bonchev–Trinajstić information content (AvgIpc) is 2.93. The highest BCUT2D eigenvalue weighted by molar-refractivity contribution is 6.32. The topological polar surface area (TPSA) is 66.0 Å². The van der Waals surface area contributed by atoms with Crippen molar-refractivity contribution in [3.8, 4) is 5.75 Å². The van der Waals surface area contributed by atoms with Gasteiger partial charge in [-0.3, -0.25) is 9.59 Å². The van der Waals surface area contributed by atoms with Gasteiger partial charge in [-0.15, -0.1) is 0 Å². The van der Waals surface area contributed by atoms with Gasteiger partial charge >= 0.3 is 0 Å². The number of aromatic nitrogens is 1. The number of ether oxygens (including phenoxy) is 1. The standard InChI is InChI=1S/C31H41ClN4O3/c1-34(2)29(37)24-9-10-27(33-28(24)32)35-17-11-22(12-18-35)21-23-13-19-36(20-14-23)30(38)31(15-6-16-31)25-7-4-5-8-26(25)39-3/h4-5,7-10,22-23H,6,11-21H2,1-3H3. The fourth-order valence-electron chi connectivity index (χ4n) is 6.71. The number of likely N-dealkylation sites (tertiary alicyclic amines) is 1. The molecule has 39 heavy (non-hydrogen) atoms. The second-order valence-electron chi connectivity index (χ2n) is 11.7. The molecule has 2 aliphatic heterocycles. The maximum absolute atomic E-state index is 13.8. The van der Waals surface area contributed by atoms with E-state index < -0.39 is 5.41 Å². The summed E-state index contributed by atoms with van der Waals surface area (Å²) in [6, 6.07) is 11.8. The molecule has 210 valence electrons. The molecule has 3 heterocycles. The first-order valence-corrected chi connectivity index (χ1v) is 14.8. The van der Waals surface area contributed by atoms with Crippen LogP contribution in [0.15, 0.2) is 36.4 Å². The van der Waals surface area contributed by atoms with Crippen LogP contribution < -0.4 is 9.64 Å². The molecule has 0 radical (unpaired) electrons. The smallest absolute Gasteiger partial charge is 0.256 e. The number of methoxy groups -OCH3 is 1. The number of pyridine rings is 1. The first-order valence-electron chi connectivity index (χ1n) is 14.4. The van der Waals surface area contributed by atoms with E-state index in [2.05, 4.69) is 20.9 Å². The summed E-state index contributed by atoms with van der Waals surface area (Å²) in [6.07, 6.45) is 8.61. The fourth-order valence-corrected chi connectivity index (χ4v) is 6.94. The third-order valence-corrected chi connectivity index (χ3v) is 9.50. The monoisotopic (exact) mass is 552 g/mol. The van der Waals surface area contributed by atoms with E-state index in [1.54, 1.807) is 27.3 Å². The van der Waals surface area contributed by atoms with Crippen LogP contribution in [0.3, 0.4) is 0 Å². The van der Waals surface area contributed by atoms with E-state index in [0.717, 1.165) is 88.3 Å². The largest absolute Gasteiger partial charge is 0.496 e. The summed E-state index contributed by atoms with van der Waals surface area (Å²) in [7, 11) is 5.12. The van der Waals surface area contributed by atoms with Crippen molar-refractivity contribution in [1.29, 1.82) is 0 Å². The number of halogens is 1. The Morgan fingerprint density at radius 1 is 1.00 bits per heavy atom. The molecule has 1 saturated carbocycles. The van der Waals surface area contributed by atoms with Crippen molar-refractivity contribution in [2.45, 2.75) is 56.8 Å². The lowest BCUT2D eigenvalue weighted by atomic mass is 9.63. The summed E-state index contributed by atoms with van der Waals surface area (Å²) in [6.45, 7) is 3.63. The summed E-state index contributed by atoms with van der Waals surface area (Å²) >= 11 is 6.35. The van der Waals surface area contributed by atoms with Crippen molar-refractivity contribution in [1.82, 2.24) is 14.8 Å². The molecule has 1 aromatic carbocycles. The first kappa shape index (κ1) is 27.8. The van der Waals surface area contributed by atoms with Crippen LogP contribution in [0.25, 0.3) is 0 Å². The van der Waals surface area contributed by atoms with Gasteiger partial charge in [0.25, 0.3) is 5.91 Å². The van der Waals surface area contributed by atoms with E-state index in [-0.39, 0.29) is 11.1 Å². The molecule has 0 N–H and O–H groups in total. The summed E-state index contributed by atoms with van der Waals surface area (Å²) in [5, 5.41) is 0.268. The summed E-state index contributed by atoms with van der Waals surface area (Å²) in [5.74, 6) is 3.23. The van der Waals surface area contributed by atoms with Gasteiger partial charge in [0.15, 0.2) is 0 Å². The van der Waals surface area contributed by atoms with Gasteiger partial charge in [-0.05, 0) is 75.0 Å². The van der Waals surface area contributed by atoms with Gasteiger partial charge in [-0.25, -0.2) is 4.98 Å². The molecule has 0 atom stereocenters. The van der Waals surface area contributed by atoms with E-state index in [1.807, 2.05) is 24.3 Å². The zero-order valence-electron chi connectivity index (χ0n) is 23.5. The number of amides is 2. The Labute approximate surface area is 237 Å². The number of anilines is 1. The van der Waals surface area contributed by atoms with Crippen molar-refractivity contribution < 1.29 is 14.3 Å². The fraction of sp³-hybridized carbons (Fsp3) is 0.581. The van der Waals surface area contributed by atoms with Gasteiger partial charge in [-0.1, -0.05) is 36.2 Å². The SMILES string of the molecule is COc1ccccc1C1(C(=O)N2CCC(CC3CCN(c4ccc(C(=O)N(C)C)c(Cl)n4)CC3)CC2)CCC1. The molecule has 3 fully saturated rings. The van der Waals surface area contributed by atoms with Crippen LogP contribution in [0.4, 0.5) is 5.82 Å². The molecule has 3 aliphatic rings.